The number of nitrogens with one attached hydrogen (secondary N) is 1. The van der Waals surface area contributed by atoms with Crippen LogP contribution in [0.3, 0.4) is 0 Å². The van der Waals surface area contributed by atoms with Crippen molar-refractivity contribution >= 4 is 67.1 Å². The van der Waals surface area contributed by atoms with Gasteiger partial charge in [0.2, 0.25) is 0 Å². The van der Waals surface area contributed by atoms with E-state index in [0.29, 0.717) is 23.6 Å². The van der Waals surface area contributed by atoms with E-state index in [-0.39, 0.29) is 40.5 Å². The molecule has 0 saturated carbocycles. The van der Waals surface area contributed by atoms with Gasteiger partial charge in [-0.1, -0.05) is 22.9 Å². The molecule has 1 N–H and O–H groups in total. The second kappa shape index (κ2) is 12.2. The summed E-state index contributed by atoms with van der Waals surface area (Å²) in [5.74, 6) is -1.74. The first-order chi connectivity index (χ1) is 19.2. The first kappa shape index (κ1) is 28.5. The number of aryl methyl sites for hydroxylation is 1. The lowest BCUT2D eigenvalue weighted by atomic mass is 10.1. The summed E-state index contributed by atoms with van der Waals surface area (Å²) in [5, 5.41) is 6.05. The van der Waals surface area contributed by atoms with Gasteiger partial charge in [-0.25, -0.2) is 18.7 Å². The molecular weight excluding hydrogens is 582 g/mol. The smallest absolute Gasteiger partial charge is 0.305 e. The third kappa shape index (κ3) is 6.31. The van der Waals surface area contributed by atoms with Crippen molar-refractivity contribution in [2.45, 2.75) is 44.8 Å². The molecule has 5 rings (SSSR count). The van der Waals surface area contributed by atoms with E-state index < -0.39 is 17.7 Å². The zero-order valence-electron chi connectivity index (χ0n) is 21.6. The Kier molecular flexibility index (Phi) is 8.71. The van der Waals surface area contributed by atoms with E-state index in [2.05, 4.69) is 15.3 Å². The van der Waals surface area contributed by atoms with E-state index in [1.807, 2.05) is 0 Å². The van der Waals surface area contributed by atoms with Gasteiger partial charge in [-0.15, -0.1) is 11.3 Å². The fraction of sp³-hybridized carbons (Fsp3) is 0.333. The van der Waals surface area contributed by atoms with Crippen LogP contribution in [0.5, 0.6) is 0 Å². The third-order valence-corrected chi connectivity index (χ3v) is 8.86. The monoisotopic (exact) mass is 606 g/mol. The van der Waals surface area contributed by atoms with Crippen LogP contribution in [-0.2, 0) is 25.6 Å². The Morgan fingerprint density at radius 1 is 1.25 bits per heavy atom. The van der Waals surface area contributed by atoms with Crippen LogP contribution in [0.25, 0.3) is 10.2 Å². The molecule has 2 aromatic heterocycles. The quantitative estimate of drug-likeness (QED) is 0.194. The van der Waals surface area contributed by atoms with Gasteiger partial charge in [0.05, 0.1) is 40.5 Å². The number of anilines is 2. The number of carbonyl (C=O) groups excluding carboxylic acids is 2. The van der Waals surface area contributed by atoms with E-state index in [1.165, 1.54) is 61.0 Å². The van der Waals surface area contributed by atoms with Crippen molar-refractivity contribution in [2.75, 3.05) is 19.0 Å². The molecule has 1 aliphatic heterocycles. The highest BCUT2D eigenvalue weighted by Crippen LogP contribution is 2.39. The van der Waals surface area contributed by atoms with Crippen molar-refractivity contribution in [3.63, 3.8) is 0 Å². The lowest BCUT2D eigenvalue weighted by Crippen LogP contribution is -2.29. The van der Waals surface area contributed by atoms with Gasteiger partial charge in [0.1, 0.15) is 16.6 Å². The van der Waals surface area contributed by atoms with Gasteiger partial charge in [0.15, 0.2) is 17.0 Å². The number of nitrogens with zero attached hydrogens (tertiary/aromatic N) is 3. The van der Waals surface area contributed by atoms with Crippen molar-refractivity contribution < 1.29 is 27.9 Å². The summed E-state index contributed by atoms with van der Waals surface area (Å²) in [7, 11) is 1.35. The number of hydrogen-bond donors (Lipinski definition) is 1. The topological polar surface area (TPSA) is 93.6 Å². The summed E-state index contributed by atoms with van der Waals surface area (Å²) in [6.45, 7) is 1.88. The van der Waals surface area contributed by atoms with Crippen LogP contribution in [0.15, 0.2) is 36.5 Å². The molecule has 0 aliphatic carbocycles. The number of methoxy groups -OCH3 is 1. The predicted octanol–water partition coefficient (Wildman–Crippen LogP) is 6.93. The second-order valence-electron chi connectivity index (χ2n) is 9.25. The van der Waals surface area contributed by atoms with Crippen LogP contribution < -0.4 is 5.32 Å². The maximum atomic E-state index is 15.4. The maximum Gasteiger partial charge on any atom is 0.305 e. The van der Waals surface area contributed by atoms with Crippen LogP contribution in [0.4, 0.5) is 19.6 Å². The highest BCUT2D eigenvalue weighted by molar-refractivity contribution is 7.22. The summed E-state index contributed by atoms with van der Waals surface area (Å²) in [6, 6.07) is 6.64. The van der Waals surface area contributed by atoms with Gasteiger partial charge in [-0.05, 0) is 50.5 Å². The van der Waals surface area contributed by atoms with Gasteiger partial charge < -0.3 is 10.1 Å². The fourth-order valence-electron chi connectivity index (χ4n) is 4.45. The molecule has 2 aromatic carbocycles. The van der Waals surface area contributed by atoms with Crippen molar-refractivity contribution in [1.29, 1.82) is 0 Å². The Hall–Kier alpha value is -3.03. The number of Topliss-reactive ketones (excluding diaryl/α,β-unsaturated/α-hetero) is 1. The Labute approximate surface area is 241 Å². The molecule has 210 valence electrons. The summed E-state index contributed by atoms with van der Waals surface area (Å²) in [6.07, 6.45) is 2.87. The molecule has 1 aliphatic rings. The molecule has 1 unspecified atom stereocenters. The van der Waals surface area contributed by atoms with Crippen LogP contribution in [0.1, 0.15) is 53.8 Å². The average molecular weight is 607 g/mol. The molecule has 0 spiro atoms. The Morgan fingerprint density at radius 2 is 2.08 bits per heavy atom. The zero-order chi connectivity index (χ0) is 28.4. The number of aromatic nitrogens is 2. The number of thiazole rings is 2. The molecule has 0 bridgehead atoms. The number of benzene rings is 2. The van der Waals surface area contributed by atoms with Gasteiger partial charge >= 0.3 is 5.97 Å². The molecule has 13 heteroatoms. The highest BCUT2D eigenvalue weighted by atomic mass is 35.5. The molecule has 1 saturated heterocycles. The van der Waals surface area contributed by atoms with Gasteiger partial charge in [-0.2, -0.15) is 5.06 Å². The minimum Gasteiger partial charge on any atom is -0.469 e. The van der Waals surface area contributed by atoms with Crippen molar-refractivity contribution in [2.24, 2.45) is 0 Å². The van der Waals surface area contributed by atoms with Crippen molar-refractivity contribution in [1.82, 2.24) is 15.0 Å². The molecule has 0 radical (unpaired) electrons. The molecule has 0 amide bonds. The zero-order valence-corrected chi connectivity index (χ0v) is 24.0. The Morgan fingerprint density at radius 3 is 2.85 bits per heavy atom. The standard InChI is InChI=1S/C27H25ClF2N4O4S2/c1-14(35)25(38-34-9-3-4-22(34)26-31-13-16(39-26)6-8-24(36)37-2)17-11-18(28)20(12-19(17)30)32-27-33-21-10-15(29)5-7-23(21)40-27/h5,7,10-13,22,25H,3-4,6,8-9H2,1-2H3,(H,32,33)/t22-,25?/m0/s1. The number of hydroxylamine groups is 2. The molecule has 40 heavy (non-hydrogen) atoms. The normalized spacial score (nSPS) is 16.4. The third-order valence-electron chi connectivity index (χ3n) is 6.43. The minimum absolute atomic E-state index is 0.0120. The van der Waals surface area contributed by atoms with Crippen LogP contribution in [0, 0.1) is 11.6 Å². The number of fused-ring (bicyclic) bond motifs is 1. The lowest BCUT2D eigenvalue weighted by molar-refractivity contribution is -0.210. The number of rotatable bonds is 10. The molecule has 3 heterocycles. The summed E-state index contributed by atoms with van der Waals surface area (Å²) in [5.41, 5.74) is 0.741. The first-order valence-electron chi connectivity index (χ1n) is 12.5. The van der Waals surface area contributed by atoms with E-state index in [4.69, 9.17) is 21.2 Å². The largest absolute Gasteiger partial charge is 0.469 e. The lowest BCUT2D eigenvalue weighted by Gasteiger charge is -2.27. The van der Waals surface area contributed by atoms with E-state index in [0.717, 1.165) is 27.4 Å². The van der Waals surface area contributed by atoms with Crippen LogP contribution in [-0.4, -0.2) is 40.4 Å². The second-order valence-corrected chi connectivity index (χ2v) is 11.8. The number of carbonyl (C=O) groups is 2. The van der Waals surface area contributed by atoms with Crippen molar-refractivity contribution in [3.8, 4) is 0 Å². The summed E-state index contributed by atoms with van der Waals surface area (Å²) < 4.78 is 34.4. The number of ether oxygens (including phenoxy) is 1. The molecular formula is C27H25ClF2N4O4S2. The predicted molar refractivity (Wildman–Crippen MR) is 150 cm³/mol. The molecule has 1 fully saturated rings. The van der Waals surface area contributed by atoms with Gasteiger partial charge in [0.25, 0.3) is 0 Å². The van der Waals surface area contributed by atoms with E-state index in [9.17, 15) is 14.0 Å². The maximum absolute atomic E-state index is 15.4. The fourth-order valence-corrected chi connectivity index (χ4v) is 6.58. The van der Waals surface area contributed by atoms with Gasteiger partial charge in [0, 0.05) is 29.2 Å². The van der Waals surface area contributed by atoms with E-state index in [1.54, 1.807) is 17.3 Å². The highest BCUT2D eigenvalue weighted by Gasteiger charge is 2.34. The number of hydrogen-bond acceptors (Lipinski definition) is 10. The van der Waals surface area contributed by atoms with Crippen LogP contribution >= 0.6 is 34.3 Å². The molecule has 4 aromatic rings. The number of esters is 1. The summed E-state index contributed by atoms with van der Waals surface area (Å²) >= 11 is 9.24. The average Bonchev–Trinajstić information content (AvgIpc) is 3.67. The Bertz CT molecular complexity index is 1560. The molecule has 8 nitrogen and oxygen atoms in total. The SMILES string of the molecule is COC(=O)CCc1cnc([C@@H]2CCCN2OC(C(C)=O)c2cc(Cl)c(Nc3nc4cc(F)ccc4s3)cc2F)s1. The molecule has 2 atom stereocenters. The van der Waals surface area contributed by atoms with Crippen LogP contribution in [0.2, 0.25) is 5.02 Å². The summed E-state index contributed by atoms with van der Waals surface area (Å²) in [4.78, 5) is 40.0. The van der Waals surface area contributed by atoms with Gasteiger partial charge in [-0.3, -0.25) is 14.4 Å². The number of ketones is 1. The van der Waals surface area contributed by atoms with E-state index >= 15 is 4.39 Å². The minimum atomic E-state index is -1.21. The van der Waals surface area contributed by atoms with Crippen molar-refractivity contribution in [3.05, 3.63) is 68.6 Å². The number of halogens is 3. The first-order valence-corrected chi connectivity index (χ1v) is 14.5. The Balaban J connectivity index is 1.32.